The Balaban J connectivity index is 1.90. The van der Waals surface area contributed by atoms with Crippen molar-refractivity contribution in [3.05, 3.63) is 46.3 Å². The van der Waals surface area contributed by atoms with E-state index in [4.69, 9.17) is 18.9 Å². The van der Waals surface area contributed by atoms with E-state index in [2.05, 4.69) is 5.32 Å². The van der Waals surface area contributed by atoms with Gasteiger partial charge in [-0.05, 0) is 44.9 Å². The van der Waals surface area contributed by atoms with Gasteiger partial charge in [0.15, 0.2) is 6.61 Å². The number of anilines is 1. The minimum atomic E-state index is -0.674. The van der Waals surface area contributed by atoms with Crippen molar-refractivity contribution in [2.24, 2.45) is 0 Å². The number of hydrogen-bond donors (Lipinski definition) is 1. The maximum absolute atomic E-state index is 12.4. The first kappa shape index (κ1) is 25.9. The smallest absolute Gasteiger partial charge is 0.348 e. The fourth-order valence-corrected chi connectivity index (χ4v) is 3.85. The SMILES string of the molecule is CCOC(=O)c1sc(NC(=O)COC(=O)CCCOc2ccccc2)c(C(=O)OCC)c1C. The Labute approximate surface area is 196 Å². The normalized spacial score (nSPS) is 10.3. The Hall–Kier alpha value is -3.40. The number of ether oxygens (including phenoxy) is 4. The second-order valence-corrected chi connectivity index (χ2v) is 7.70. The summed E-state index contributed by atoms with van der Waals surface area (Å²) in [4.78, 5) is 48.9. The van der Waals surface area contributed by atoms with Crippen molar-refractivity contribution >= 4 is 40.2 Å². The summed E-state index contributed by atoms with van der Waals surface area (Å²) in [6, 6.07) is 9.19. The van der Waals surface area contributed by atoms with E-state index in [1.807, 2.05) is 30.3 Å². The molecule has 178 valence electrons. The molecule has 0 aliphatic rings. The van der Waals surface area contributed by atoms with Crippen LogP contribution in [0.3, 0.4) is 0 Å². The van der Waals surface area contributed by atoms with Gasteiger partial charge in [-0.3, -0.25) is 9.59 Å². The van der Waals surface area contributed by atoms with Crippen molar-refractivity contribution in [3.8, 4) is 5.75 Å². The molecule has 1 amide bonds. The van der Waals surface area contributed by atoms with Gasteiger partial charge in [-0.2, -0.15) is 0 Å². The third-order valence-corrected chi connectivity index (χ3v) is 5.43. The second kappa shape index (κ2) is 13.2. The van der Waals surface area contributed by atoms with Crippen LogP contribution >= 0.6 is 11.3 Å². The van der Waals surface area contributed by atoms with Crippen LogP contribution in [0.2, 0.25) is 0 Å². The van der Waals surface area contributed by atoms with Crippen molar-refractivity contribution in [3.63, 3.8) is 0 Å². The van der Waals surface area contributed by atoms with Crippen molar-refractivity contribution < 1.29 is 38.1 Å². The molecular formula is C23H27NO8S. The summed E-state index contributed by atoms with van der Waals surface area (Å²) in [5, 5.41) is 2.65. The Morgan fingerprint density at radius 2 is 1.61 bits per heavy atom. The molecular weight excluding hydrogens is 450 g/mol. The molecule has 0 aliphatic carbocycles. The molecule has 0 radical (unpaired) electrons. The second-order valence-electron chi connectivity index (χ2n) is 6.68. The van der Waals surface area contributed by atoms with E-state index < -0.39 is 30.4 Å². The van der Waals surface area contributed by atoms with Gasteiger partial charge in [0.2, 0.25) is 0 Å². The number of rotatable bonds is 12. The molecule has 0 fully saturated rings. The molecule has 1 N–H and O–H groups in total. The zero-order valence-corrected chi connectivity index (χ0v) is 19.6. The first-order valence-corrected chi connectivity index (χ1v) is 11.3. The number of carbonyl (C=O) groups is 4. The van der Waals surface area contributed by atoms with Crippen LogP contribution in [-0.4, -0.2) is 50.2 Å². The van der Waals surface area contributed by atoms with Crippen LogP contribution in [0.15, 0.2) is 30.3 Å². The lowest BCUT2D eigenvalue weighted by atomic mass is 10.1. The van der Waals surface area contributed by atoms with Crippen molar-refractivity contribution in [2.75, 3.05) is 31.7 Å². The molecule has 0 saturated heterocycles. The molecule has 1 aromatic heterocycles. The lowest BCUT2D eigenvalue weighted by Crippen LogP contribution is -2.22. The van der Waals surface area contributed by atoms with Crippen LogP contribution in [0, 0.1) is 6.92 Å². The predicted molar refractivity (Wildman–Crippen MR) is 122 cm³/mol. The van der Waals surface area contributed by atoms with E-state index in [1.165, 1.54) is 0 Å². The summed E-state index contributed by atoms with van der Waals surface area (Å²) < 4.78 is 20.5. The quantitative estimate of drug-likeness (QED) is 0.279. The zero-order valence-electron chi connectivity index (χ0n) is 18.8. The molecule has 0 saturated carbocycles. The number of benzene rings is 1. The Morgan fingerprint density at radius 3 is 2.27 bits per heavy atom. The maximum atomic E-state index is 12.4. The van der Waals surface area contributed by atoms with Gasteiger partial charge < -0.3 is 24.3 Å². The molecule has 1 heterocycles. The van der Waals surface area contributed by atoms with Crippen molar-refractivity contribution in [1.29, 1.82) is 0 Å². The Morgan fingerprint density at radius 1 is 0.939 bits per heavy atom. The summed E-state index contributed by atoms with van der Waals surface area (Å²) >= 11 is 0.901. The summed E-state index contributed by atoms with van der Waals surface area (Å²) in [5.74, 6) is -1.77. The highest BCUT2D eigenvalue weighted by atomic mass is 32.1. The molecule has 0 unspecified atom stereocenters. The minimum absolute atomic E-state index is 0.0719. The van der Waals surface area contributed by atoms with Gasteiger partial charge in [-0.15, -0.1) is 11.3 Å². The largest absolute Gasteiger partial charge is 0.494 e. The first-order chi connectivity index (χ1) is 15.9. The van der Waals surface area contributed by atoms with Crippen LogP contribution in [-0.2, 0) is 23.8 Å². The topological polar surface area (TPSA) is 117 Å². The average Bonchev–Trinajstić information content (AvgIpc) is 3.12. The number of amides is 1. The Bertz CT molecular complexity index is 970. The fourth-order valence-electron chi connectivity index (χ4n) is 2.75. The summed E-state index contributed by atoms with van der Waals surface area (Å²) in [6.45, 7) is 4.97. The predicted octanol–water partition coefficient (Wildman–Crippen LogP) is 3.75. The number of thiophene rings is 1. The van der Waals surface area contributed by atoms with Gasteiger partial charge in [0.1, 0.15) is 15.6 Å². The Kier molecular flexibility index (Phi) is 10.4. The van der Waals surface area contributed by atoms with Gasteiger partial charge in [0.05, 0.1) is 25.4 Å². The van der Waals surface area contributed by atoms with Gasteiger partial charge in [-0.1, -0.05) is 18.2 Å². The van der Waals surface area contributed by atoms with Gasteiger partial charge in [0.25, 0.3) is 5.91 Å². The van der Waals surface area contributed by atoms with Crippen LogP contribution in [0.1, 0.15) is 52.3 Å². The van der Waals surface area contributed by atoms with Crippen LogP contribution < -0.4 is 10.1 Å². The molecule has 1 aromatic carbocycles. The summed E-state index contributed by atoms with van der Waals surface area (Å²) in [7, 11) is 0. The standard InChI is InChI=1S/C23H27NO8S/c1-4-29-22(27)19-15(3)20(23(28)30-5-2)33-21(19)24-17(25)14-32-18(26)12-9-13-31-16-10-7-6-8-11-16/h6-8,10-11H,4-5,9,12-14H2,1-3H3,(H,24,25). The van der Waals surface area contributed by atoms with Crippen molar-refractivity contribution in [2.45, 2.75) is 33.6 Å². The van der Waals surface area contributed by atoms with E-state index in [9.17, 15) is 19.2 Å². The minimum Gasteiger partial charge on any atom is -0.494 e. The summed E-state index contributed by atoms with van der Waals surface area (Å²) in [5.41, 5.74) is 0.422. The zero-order chi connectivity index (χ0) is 24.2. The van der Waals surface area contributed by atoms with Crippen LogP contribution in [0.5, 0.6) is 5.75 Å². The monoisotopic (exact) mass is 477 g/mol. The van der Waals surface area contributed by atoms with E-state index in [-0.39, 0.29) is 35.1 Å². The van der Waals surface area contributed by atoms with Crippen LogP contribution in [0.4, 0.5) is 5.00 Å². The molecule has 9 nitrogen and oxygen atoms in total. The van der Waals surface area contributed by atoms with E-state index in [0.717, 1.165) is 11.3 Å². The van der Waals surface area contributed by atoms with E-state index in [0.29, 0.717) is 24.3 Å². The third-order valence-electron chi connectivity index (χ3n) is 4.24. The molecule has 2 rings (SSSR count). The number of para-hydroxylation sites is 1. The highest BCUT2D eigenvalue weighted by molar-refractivity contribution is 7.18. The van der Waals surface area contributed by atoms with Crippen LogP contribution in [0.25, 0.3) is 0 Å². The van der Waals surface area contributed by atoms with Gasteiger partial charge in [0, 0.05) is 6.42 Å². The molecule has 0 bridgehead atoms. The molecule has 2 aromatic rings. The van der Waals surface area contributed by atoms with Crippen molar-refractivity contribution in [1.82, 2.24) is 0 Å². The van der Waals surface area contributed by atoms with E-state index >= 15 is 0 Å². The number of carbonyl (C=O) groups excluding carboxylic acids is 4. The lowest BCUT2D eigenvalue weighted by Gasteiger charge is -2.08. The van der Waals surface area contributed by atoms with Gasteiger partial charge in [-0.25, -0.2) is 9.59 Å². The molecule has 33 heavy (non-hydrogen) atoms. The van der Waals surface area contributed by atoms with E-state index in [1.54, 1.807) is 20.8 Å². The number of esters is 3. The number of nitrogens with one attached hydrogen (secondary N) is 1. The third kappa shape index (κ3) is 7.90. The average molecular weight is 478 g/mol. The number of hydrogen-bond acceptors (Lipinski definition) is 9. The fraction of sp³-hybridized carbons (Fsp3) is 0.391. The molecule has 10 heteroatoms. The molecule has 0 aliphatic heterocycles. The first-order valence-electron chi connectivity index (χ1n) is 10.5. The molecule has 0 atom stereocenters. The highest BCUT2D eigenvalue weighted by Crippen LogP contribution is 2.34. The lowest BCUT2D eigenvalue weighted by molar-refractivity contribution is -0.147. The highest BCUT2D eigenvalue weighted by Gasteiger charge is 2.27. The summed E-state index contributed by atoms with van der Waals surface area (Å²) in [6.07, 6.45) is 0.509. The molecule has 0 spiro atoms. The van der Waals surface area contributed by atoms with Gasteiger partial charge >= 0.3 is 17.9 Å². The maximum Gasteiger partial charge on any atom is 0.348 e.